The van der Waals surface area contributed by atoms with Gasteiger partial charge in [-0.05, 0) is 48.9 Å². The normalized spacial score (nSPS) is 16.1. The van der Waals surface area contributed by atoms with Crippen molar-refractivity contribution in [3.8, 4) is 5.75 Å². The van der Waals surface area contributed by atoms with Gasteiger partial charge in [-0.1, -0.05) is 0 Å². The molecule has 1 aliphatic rings. The van der Waals surface area contributed by atoms with Gasteiger partial charge in [0, 0.05) is 6.26 Å². The van der Waals surface area contributed by atoms with E-state index in [4.69, 9.17) is 0 Å². The summed E-state index contributed by atoms with van der Waals surface area (Å²) in [7, 11) is -3.32. The molecule has 0 spiro atoms. The number of phenols is 1. The standard InChI is InChI=1S/C11H14O3S/c1-15(13,14)11-7-9-5-3-2-4-8(9)6-10(11)12/h6-7,12H,2-5H2,1H3. The first-order chi connectivity index (χ1) is 6.98. The maximum atomic E-state index is 11.4. The molecule has 4 heteroatoms. The second-order valence-electron chi connectivity index (χ2n) is 4.07. The second kappa shape index (κ2) is 3.52. The van der Waals surface area contributed by atoms with Crippen LogP contribution in [0.3, 0.4) is 0 Å². The number of benzene rings is 1. The molecule has 15 heavy (non-hydrogen) atoms. The first-order valence-corrected chi connectivity index (χ1v) is 6.92. The van der Waals surface area contributed by atoms with E-state index in [1.807, 2.05) is 0 Å². The fourth-order valence-corrected chi connectivity index (χ4v) is 2.84. The van der Waals surface area contributed by atoms with Crippen LogP contribution in [0.2, 0.25) is 0 Å². The van der Waals surface area contributed by atoms with Crippen molar-refractivity contribution in [2.24, 2.45) is 0 Å². The van der Waals surface area contributed by atoms with Crippen LogP contribution in [0.1, 0.15) is 24.0 Å². The maximum Gasteiger partial charge on any atom is 0.179 e. The number of fused-ring (bicyclic) bond motifs is 1. The van der Waals surface area contributed by atoms with Gasteiger partial charge in [0.25, 0.3) is 0 Å². The van der Waals surface area contributed by atoms with Gasteiger partial charge in [0.1, 0.15) is 10.6 Å². The number of rotatable bonds is 1. The largest absolute Gasteiger partial charge is 0.507 e. The molecule has 0 aromatic heterocycles. The van der Waals surface area contributed by atoms with Gasteiger partial charge in [-0.15, -0.1) is 0 Å². The molecular formula is C11H14O3S. The van der Waals surface area contributed by atoms with E-state index in [1.54, 1.807) is 12.1 Å². The Morgan fingerprint density at radius 2 is 1.67 bits per heavy atom. The van der Waals surface area contributed by atoms with Crippen molar-refractivity contribution in [1.29, 1.82) is 0 Å². The Hall–Kier alpha value is -1.03. The van der Waals surface area contributed by atoms with Gasteiger partial charge in [0.15, 0.2) is 9.84 Å². The highest BCUT2D eigenvalue weighted by molar-refractivity contribution is 7.90. The molecular weight excluding hydrogens is 212 g/mol. The van der Waals surface area contributed by atoms with E-state index >= 15 is 0 Å². The minimum atomic E-state index is -3.32. The van der Waals surface area contributed by atoms with Crippen LogP contribution in [0.4, 0.5) is 0 Å². The number of aromatic hydroxyl groups is 1. The van der Waals surface area contributed by atoms with E-state index in [9.17, 15) is 13.5 Å². The number of aryl methyl sites for hydroxylation is 2. The SMILES string of the molecule is CS(=O)(=O)c1cc2c(cc1O)CCCC2. The van der Waals surface area contributed by atoms with Crippen LogP contribution >= 0.6 is 0 Å². The Balaban J connectivity index is 2.60. The molecule has 0 atom stereocenters. The summed E-state index contributed by atoms with van der Waals surface area (Å²) in [6.45, 7) is 0. The molecule has 0 radical (unpaired) electrons. The summed E-state index contributed by atoms with van der Waals surface area (Å²) in [4.78, 5) is 0.0585. The van der Waals surface area contributed by atoms with Crippen molar-refractivity contribution in [2.75, 3.05) is 6.26 Å². The third-order valence-electron chi connectivity index (χ3n) is 2.82. The van der Waals surface area contributed by atoms with Gasteiger partial charge in [-0.3, -0.25) is 0 Å². The molecule has 1 aromatic rings. The molecule has 2 rings (SSSR count). The van der Waals surface area contributed by atoms with Crippen molar-refractivity contribution in [2.45, 2.75) is 30.6 Å². The summed E-state index contributed by atoms with van der Waals surface area (Å²) in [6, 6.07) is 3.23. The summed E-state index contributed by atoms with van der Waals surface area (Å²) in [6.07, 6.45) is 5.19. The summed E-state index contributed by atoms with van der Waals surface area (Å²) >= 11 is 0. The molecule has 0 unspecified atom stereocenters. The molecule has 1 aromatic carbocycles. The fraction of sp³-hybridized carbons (Fsp3) is 0.455. The van der Waals surface area contributed by atoms with E-state index in [0.29, 0.717) is 0 Å². The van der Waals surface area contributed by atoms with E-state index in [0.717, 1.165) is 43.1 Å². The predicted octanol–water partition coefficient (Wildman–Crippen LogP) is 1.67. The van der Waals surface area contributed by atoms with Gasteiger partial charge >= 0.3 is 0 Å². The average molecular weight is 226 g/mol. The van der Waals surface area contributed by atoms with Gasteiger partial charge in [-0.2, -0.15) is 0 Å². The van der Waals surface area contributed by atoms with Gasteiger partial charge in [0.05, 0.1) is 0 Å². The molecule has 0 aliphatic heterocycles. The molecule has 0 bridgehead atoms. The van der Waals surface area contributed by atoms with E-state index in [2.05, 4.69) is 0 Å². The Labute approximate surface area is 89.7 Å². The monoisotopic (exact) mass is 226 g/mol. The van der Waals surface area contributed by atoms with Crippen LogP contribution in [0.5, 0.6) is 5.75 Å². The summed E-state index contributed by atoms with van der Waals surface area (Å²) in [5, 5.41) is 9.62. The van der Waals surface area contributed by atoms with Crippen LogP contribution in [0, 0.1) is 0 Å². The van der Waals surface area contributed by atoms with Gasteiger partial charge in [0.2, 0.25) is 0 Å². The lowest BCUT2D eigenvalue weighted by Crippen LogP contribution is -2.06. The maximum absolute atomic E-state index is 11.4. The highest BCUT2D eigenvalue weighted by Crippen LogP contribution is 2.30. The fourth-order valence-electron chi connectivity index (χ4n) is 2.05. The minimum Gasteiger partial charge on any atom is -0.507 e. The molecule has 0 saturated heterocycles. The molecule has 82 valence electrons. The lowest BCUT2D eigenvalue weighted by molar-refractivity contribution is 0.456. The van der Waals surface area contributed by atoms with Crippen LogP contribution in [0.25, 0.3) is 0 Å². The van der Waals surface area contributed by atoms with Crippen molar-refractivity contribution in [1.82, 2.24) is 0 Å². The first-order valence-electron chi connectivity index (χ1n) is 5.03. The van der Waals surface area contributed by atoms with E-state index in [-0.39, 0.29) is 10.6 Å². The number of hydrogen-bond acceptors (Lipinski definition) is 3. The lowest BCUT2D eigenvalue weighted by atomic mass is 9.92. The molecule has 0 heterocycles. The number of phenolic OH excluding ortho intramolecular Hbond substituents is 1. The molecule has 1 aliphatic carbocycles. The van der Waals surface area contributed by atoms with Gasteiger partial charge in [-0.25, -0.2) is 8.42 Å². The molecule has 0 amide bonds. The highest BCUT2D eigenvalue weighted by Gasteiger charge is 2.18. The van der Waals surface area contributed by atoms with Gasteiger partial charge < -0.3 is 5.11 Å². The topological polar surface area (TPSA) is 54.4 Å². The average Bonchev–Trinajstić information content (AvgIpc) is 2.15. The van der Waals surface area contributed by atoms with Crippen molar-refractivity contribution in [3.63, 3.8) is 0 Å². The van der Waals surface area contributed by atoms with Crippen molar-refractivity contribution in [3.05, 3.63) is 23.3 Å². The second-order valence-corrected chi connectivity index (χ2v) is 6.05. The van der Waals surface area contributed by atoms with E-state index < -0.39 is 9.84 Å². The minimum absolute atomic E-state index is 0.0585. The summed E-state index contributed by atoms with van der Waals surface area (Å²) in [5.41, 5.74) is 2.16. The Bertz CT molecular complexity index is 489. The van der Waals surface area contributed by atoms with E-state index in [1.165, 1.54) is 0 Å². The zero-order valence-electron chi connectivity index (χ0n) is 8.66. The summed E-state index contributed by atoms with van der Waals surface area (Å²) in [5.74, 6) is -0.113. The third kappa shape index (κ3) is 2.00. The summed E-state index contributed by atoms with van der Waals surface area (Å²) < 4.78 is 22.8. The van der Waals surface area contributed by atoms with Crippen molar-refractivity contribution < 1.29 is 13.5 Å². The van der Waals surface area contributed by atoms with Crippen molar-refractivity contribution >= 4 is 9.84 Å². The highest BCUT2D eigenvalue weighted by atomic mass is 32.2. The lowest BCUT2D eigenvalue weighted by Gasteiger charge is -2.17. The number of sulfone groups is 1. The van der Waals surface area contributed by atoms with Crippen LogP contribution < -0.4 is 0 Å². The molecule has 0 saturated carbocycles. The zero-order valence-corrected chi connectivity index (χ0v) is 9.47. The Morgan fingerprint density at radius 1 is 1.13 bits per heavy atom. The molecule has 1 N–H and O–H groups in total. The predicted molar refractivity (Wildman–Crippen MR) is 57.9 cm³/mol. The number of hydrogen-bond donors (Lipinski definition) is 1. The molecule has 0 fully saturated rings. The Kier molecular flexibility index (Phi) is 2.46. The first kappa shape index (κ1) is 10.5. The van der Waals surface area contributed by atoms with Crippen LogP contribution in [-0.4, -0.2) is 19.8 Å². The third-order valence-corrected chi connectivity index (χ3v) is 3.95. The van der Waals surface area contributed by atoms with Crippen LogP contribution in [0.15, 0.2) is 17.0 Å². The van der Waals surface area contributed by atoms with Crippen LogP contribution in [-0.2, 0) is 22.7 Å². The zero-order chi connectivity index (χ0) is 11.1. The Morgan fingerprint density at radius 3 is 2.20 bits per heavy atom. The smallest absolute Gasteiger partial charge is 0.179 e. The molecule has 3 nitrogen and oxygen atoms in total. The quantitative estimate of drug-likeness (QED) is 0.792.